The predicted molar refractivity (Wildman–Crippen MR) is 120 cm³/mol. The average Bonchev–Trinajstić information content (AvgIpc) is 3.24. The Bertz CT molecular complexity index is 1090. The Morgan fingerprint density at radius 2 is 1.86 bits per heavy atom. The molecular weight excluding hydrogens is 450 g/mol. The fourth-order valence-corrected chi connectivity index (χ4v) is 4.91. The van der Waals surface area contributed by atoms with Crippen molar-refractivity contribution in [3.05, 3.63) is 74.2 Å². The van der Waals surface area contributed by atoms with Gasteiger partial charge in [0.15, 0.2) is 5.13 Å². The van der Waals surface area contributed by atoms with E-state index in [9.17, 15) is 9.59 Å². The Morgan fingerprint density at radius 3 is 2.59 bits per heavy atom. The van der Waals surface area contributed by atoms with Crippen LogP contribution in [0.3, 0.4) is 0 Å². The van der Waals surface area contributed by atoms with E-state index in [4.69, 9.17) is 0 Å². The number of hydrogen-bond acceptors (Lipinski definition) is 4. The molecule has 3 aromatic rings. The second kappa shape index (κ2) is 8.08. The number of carbonyl (C=O) groups is 2. The molecule has 2 aromatic carbocycles. The summed E-state index contributed by atoms with van der Waals surface area (Å²) in [6, 6.07) is 13.2. The zero-order chi connectivity index (χ0) is 20.5. The van der Waals surface area contributed by atoms with Crippen molar-refractivity contribution in [3.8, 4) is 0 Å². The highest BCUT2D eigenvalue weighted by Gasteiger charge is 2.33. The number of rotatable bonds is 4. The molecule has 1 aliphatic carbocycles. The standard InChI is InChI=1S/C22H20BrN3O2S/c1-12-3-5-14(6-4-12)20(27)26-22-25-19-16(8-10-18(19)29-22)21(28)24-17-9-7-15(23)11-13(17)2/h3-7,9,11,16H,8,10H2,1-2H3,(H,24,28)(H,25,26,27). The van der Waals surface area contributed by atoms with Gasteiger partial charge in [-0.05, 0) is 62.6 Å². The number of carbonyl (C=O) groups excluding carboxylic acids is 2. The number of nitrogens with one attached hydrogen (secondary N) is 2. The molecule has 1 unspecified atom stereocenters. The van der Waals surface area contributed by atoms with Crippen molar-refractivity contribution < 1.29 is 9.59 Å². The van der Waals surface area contributed by atoms with Crippen LogP contribution in [0.1, 0.15) is 44.4 Å². The first-order valence-electron chi connectivity index (χ1n) is 9.35. The monoisotopic (exact) mass is 469 g/mol. The van der Waals surface area contributed by atoms with E-state index in [2.05, 4.69) is 31.5 Å². The highest BCUT2D eigenvalue weighted by molar-refractivity contribution is 9.10. The third kappa shape index (κ3) is 4.26. The highest BCUT2D eigenvalue weighted by Crippen LogP contribution is 2.39. The lowest BCUT2D eigenvalue weighted by Gasteiger charge is -2.13. The fraction of sp³-hybridized carbons (Fsp3) is 0.227. The van der Waals surface area contributed by atoms with Gasteiger partial charge in [-0.15, -0.1) is 11.3 Å². The van der Waals surface area contributed by atoms with Gasteiger partial charge in [-0.1, -0.05) is 33.6 Å². The zero-order valence-electron chi connectivity index (χ0n) is 16.1. The van der Waals surface area contributed by atoms with Crippen LogP contribution in [0, 0.1) is 13.8 Å². The largest absolute Gasteiger partial charge is 0.325 e. The highest BCUT2D eigenvalue weighted by atomic mass is 79.9. The molecule has 2 amide bonds. The van der Waals surface area contributed by atoms with Gasteiger partial charge in [-0.3, -0.25) is 14.9 Å². The van der Waals surface area contributed by atoms with Crippen molar-refractivity contribution in [2.75, 3.05) is 10.6 Å². The van der Waals surface area contributed by atoms with E-state index < -0.39 is 0 Å². The number of fused-ring (bicyclic) bond motifs is 1. The first-order chi connectivity index (χ1) is 13.9. The molecule has 0 saturated carbocycles. The number of halogens is 1. The van der Waals surface area contributed by atoms with Crippen molar-refractivity contribution >= 4 is 49.9 Å². The molecule has 0 radical (unpaired) electrons. The van der Waals surface area contributed by atoms with Crippen LogP contribution in [-0.4, -0.2) is 16.8 Å². The molecule has 0 saturated heterocycles. The molecule has 5 nitrogen and oxygen atoms in total. The Morgan fingerprint density at radius 1 is 1.10 bits per heavy atom. The van der Waals surface area contributed by atoms with Crippen LogP contribution >= 0.6 is 27.3 Å². The van der Waals surface area contributed by atoms with Crippen LogP contribution in [0.5, 0.6) is 0 Å². The lowest BCUT2D eigenvalue weighted by Crippen LogP contribution is -2.20. The van der Waals surface area contributed by atoms with E-state index in [1.54, 1.807) is 12.1 Å². The molecule has 29 heavy (non-hydrogen) atoms. The number of nitrogens with zero attached hydrogens (tertiary/aromatic N) is 1. The van der Waals surface area contributed by atoms with Crippen LogP contribution in [0.4, 0.5) is 10.8 Å². The molecule has 7 heteroatoms. The SMILES string of the molecule is Cc1ccc(C(=O)Nc2nc3c(s2)CCC3C(=O)Nc2ccc(Br)cc2C)cc1. The Hall–Kier alpha value is -2.51. The topological polar surface area (TPSA) is 71.1 Å². The third-order valence-electron chi connectivity index (χ3n) is 5.01. The van der Waals surface area contributed by atoms with Gasteiger partial charge in [0.05, 0.1) is 11.6 Å². The molecule has 4 rings (SSSR count). The minimum Gasteiger partial charge on any atom is -0.325 e. The van der Waals surface area contributed by atoms with Crippen molar-refractivity contribution in [3.63, 3.8) is 0 Å². The van der Waals surface area contributed by atoms with Crippen LogP contribution in [0.2, 0.25) is 0 Å². The van der Waals surface area contributed by atoms with Gasteiger partial charge >= 0.3 is 0 Å². The third-order valence-corrected chi connectivity index (χ3v) is 6.55. The number of aryl methyl sites for hydroxylation is 3. The predicted octanol–water partition coefficient (Wildman–Crippen LogP) is 5.44. The second-order valence-corrected chi connectivity index (χ2v) is 9.19. The first-order valence-corrected chi connectivity index (χ1v) is 11.0. The van der Waals surface area contributed by atoms with E-state index in [1.165, 1.54) is 11.3 Å². The smallest absolute Gasteiger partial charge is 0.257 e. The minimum absolute atomic E-state index is 0.0594. The summed E-state index contributed by atoms with van der Waals surface area (Å²) in [5, 5.41) is 6.42. The maximum atomic E-state index is 12.9. The van der Waals surface area contributed by atoms with E-state index in [1.807, 2.05) is 44.2 Å². The minimum atomic E-state index is -0.297. The number of thiazole rings is 1. The molecular formula is C22H20BrN3O2S. The van der Waals surface area contributed by atoms with Gasteiger partial charge in [0.1, 0.15) is 0 Å². The maximum absolute atomic E-state index is 12.9. The van der Waals surface area contributed by atoms with Gasteiger partial charge in [-0.2, -0.15) is 0 Å². The molecule has 1 aliphatic rings. The number of hydrogen-bond donors (Lipinski definition) is 2. The summed E-state index contributed by atoms with van der Waals surface area (Å²) in [5.74, 6) is -0.547. The van der Waals surface area contributed by atoms with Gasteiger partial charge in [0, 0.05) is 20.6 Å². The summed E-state index contributed by atoms with van der Waals surface area (Å²) < 4.78 is 0.976. The number of anilines is 2. The summed E-state index contributed by atoms with van der Waals surface area (Å²) in [5.41, 5.74) is 4.27. The Balaban J connectivity index is 1.47. The van der Waals surface area contributed by atoms with Crippen LogP contribution in [0.15, 0.2) is 46.9 Å². The molecule has 0 fully saturated rings. The van der Waals surface area contributed by atoms with Gasteiger partial charge in [-0.25, -0.2) is 4.98 Å². The molecule has 1 atom stereocenters. The quantitative estimate of drug-likeness (QED) is 0.533. The lowest BCUT2D eigenvalue weighted by molar-refractivity contribution is -0.117. The summed E-state index contributed by atoms with van der Waals surface area (Å²) in [6.07, 6.45) is 1.53. The van der Waals surface area contributed by atoms with Crippen molar-refractivity contribution in [1.82, 2.24) is 4.98 Å². The van der Waals surface area contributed by atoms with E-state index in [0.717, 1.165) is 44.7 Å². The summed E-state index contributed by atoms with van der Waals surface area (Å²) in [4.78, 5) is 30.9. The molecule has 2 N–H and O–H groups in total. The van der Waals surface area contributed by atoms with Crippen LogP contribution in [-0.2, 0) is 11.2 Å². The molecule has 1 aromatic heterocycles. The normalized spacial score (nSPS) is 15.1. The summed E-state index contributed by atoms with van der Waals surface area (Å²) >= 11 is 4.89. The fourth-order valence-electron chi connectivity index (χ4n) is 3.40. The second-order valence-electron chi connectivity index (χ2n) is 7.19. The van der Waals surface area contributed by atoms with Crippen molar-refractivity contribution in [2.45, 2.75) is 32.6 Å². The first kappa shape index (κ1) is 19.8. The number of benzene rings is 2. The number of amides is 2. The van der Waals surface area contributed by atoms with E-state index >= 15 is 0 Å². The van der Waals surface area contributed by atoms with Crippen molar-refractivity contribution in [1.29, 1.82) is 0 Å². The summed E-state index contributed by atoms with van der Waals surface area (Å²) in [6.45, 7) is 3.94. The van der Waals surface area contributed by atoms with Crippen LogP contribution in [0.25, 0.3) is 0 Å². The molecule has 0 spiro atoms. The number of aromatic nitrogens is 1. The molecule has 0 bridgehead atoms. The van der Waals surface area contributed by atoms with Crippen molar-refractivity contribution in [2.24, 2.45) is 0 Å². The molecule has 0 aliphatic heterocycles. The average molecular weight is 470 g/mol. The van der Waals surface area contributed by atoms with E-state index in [-0.39, 0.29) is 17.7 Å². The van der Waals surface area contributed by atoms with Gasteiger partial charge < -0.3 is 5.32 Å². The Kier molecular flexibility index (Phi) is 5.52. The summed E-state index contributed by atoms with van der Waals surface area (Å²) in [7, 11) is 0. The Labute approximate surface area is 181 Å². The van der Waals surface area contributed by atoms with E-state index in [0.29, 0.717) is 10.7 Å². The maximum Gasteiger partial charge on any atom is 0.257 e. The molecule has 148 valence electrons. The lowest BCUT2D eigenvalue weighted by atomic mass is 10.1. The van der Waals surface area contributed by atoms with Crippen LogP contribution < -0.4 is 10.6 Å². The molecule has 1 heterocycles. The van der Waals surface area contributed by atoms with Gasteiger partial charge in [0.2, 0.25) is 5.91 Å². The zero-order valence-corrected chi connectivity index (χ0v) is 18.5. The van der Waals surface area contributed by atoms with Gasteiger partial charge in [0.25, 0.3) is 5.91 Å².